The number of benzene rings is 4. The number of aliphatic imine (C=N–C) groups is 1. The van der Waals surface area contributed by atoms with E-state index < -0.39 is 11.6 Å². The highest BCUT2D eigenvalue weighted by Crippen LogP contribution is 2.39. The van der Waals surface area contributed by atoms with Crippen molar-refractivity contribution in [3.63, 3.8) is 0 Å². The number of hydrogen-bond donors (Lipinski definition) is 2. The average molecular weight is 520 g/mol. The van der Waals surface area contributed by atoms with Crippen molar-refractivity contribution in [3.8, 4) is 5.75 Å². The van der Waals surface area contributed by atoms with Crippen LogP contribution in [0.5, 0.6) is 5.75 Å². The Bertz CT molecular complexity index is 1360. The smallest absolute Gasteiger partial charge is 0.137 e. The van der Waals surface area contributed by atoms with Gasteiger partial charge in [0, 0.05) is 17.3 Å². The molecule has 0 saturated heterocycles. The van der Waals surface area contributed by atoms with Gasteiger partial charge in [-0.25, -0.2) is 0 Å². The molecule has 0 amide bonds. The molecule has 0 aliphatic carbocycles. The quantitative estimate of drug-likeness (QED) is 0.243. The second-order valence-electron chi connectivity index (χ2n) is 12.4. The van der Waals surface area contributed by atoms with E-state index in [1.165, 1.54) is 0 Å². The van der Waals surface area contributed by atoms with Crippen molar-refractivity contribution >= 4 is 6.21 Å². The minimum absolute atomic E-state index is 0.103. The number of phenols is 1. The second-order valence-corrected chi connectivity index (χ2v) is 12.4. The predicted octanol–water partition coefficient (Wildman–Crippen LogP) is 7.95. The van der Waals surface area contributed by atoms with Gasteiger partial charge in [0.05, 0.1) is 6.04 Å². The normalized spacial score (nSPS) is 13.5. The standard InChI is InChI=1S/C36H41NO2/c1-34(2,3)30-23-27(33(38)31(24-30)35(4,5)6)25-37-32(22-26-16-10-7-11-17-26)36(39,28-18-12-8-13-19-28)29-20-14-9-15-21-29/h7-21,23-25,32,38-39H,22H2,1-6H3/t32-/m0/s1. The van der Waals surface area contributed by atoms with Crippen molar-refractivity contribution < 1.29 is 10.2 Å². The first kappa shape index (κ1) is 28.3. The maximum atomic E-state index is 12.6. The van der Waals surface area contributed by atoms with E-state index in [4.69, 9.17) is 4.99 Å². The van der Waals surface area contributed by atoms with Crippen molar-refractivity contribution in [1.82, 2.24) is 0 Å². The van der Waals surface area contributed by atoms with E-state index in [0.29, 0.717) is 12.0 Å². The molecule has 0 aromatic heterocycles. The van der Waals surface area contributed by atoms with Crippen LogP contribution in [0.4, 0.5) is 0 Å². The summed E-state index contributed by atoms with van der Waals surface area (Å²) in [7, 11) is 0. The van der Waals surface area contributed by atoms with E-state index in [0.717, 1.165) is 27.8 Å². The van der Waals surface area contributed by atoms with E-state index >= 15 is 0 Å². The Labute approximate surface area is 233 Å². The van der Waals surface area contributed by atoms with Crippen molar-refractivity contribution in [2.75, 3.05) is 0 Å². The molecule has 4 aromatic rings. The van der Waals surface area contributed by atoms with Crippen LogP contribution in [-0.2, 0) is 22.9 Å². The Hall–Kier alpha value is -3.69. The number of hydrogen-bond acceptors (Lipinski definition) is 3. The summed E-state index contributed by atoms with van der Waals surface area (Å²) in [5, 5.41) is 24.0. The van der Waals surface area contributed by atoms with Crippen LogP contribution in [-0.4, -0.2) is 22.5 Å². The lowest BCUT2D eigenvalue weighted by Gasteiger charge is -2.35. The van der Waals surface area contributed by atoms with Gasteiger partial charge < -0.3 is 10.2 Å². The molecule has 4 aromatic carbocycles. The highest BCUT2D eigenvalue weighted by atomic mass is 16.3. The lowest BCUT2D eigenvalue weighted by molar-refractivity contribution is 0.0528. The van der Waals surface area contributed by atoms with Crippen molar-refractivity contribution in [2.45, 2.75) is 70.4 Å². The third-order valence-electron chi connectivity index (χ3n) is 7.39. The Morgan fingerprint density at radius 3 is 1.62 bits per heavy atom. The van der Waals surface area contributed by atoms with E-state index in [9.17, 15) is 10.2 Å². The molecule has 0 bridgehead atoms. The summed E-state index contributed by atoms with van der Waals surface area (Å²) in [4.78, 5) is 5.09. The van der Waals surface area contributed by atoms with Crippen LogP contribution in [0.15, 0.2) is 108 Å². The molecule has 39 heavy (non-hydrogen) atoms. The number of nitrogens with zero attached hydrogens (tertiary/aromatic N) is 1. The first-order chi connectivity index (χ1) is 18.4. The van der Waals surface area contributed by atoms with Gasteiger partial charge in [0.15, 0.2) is 0 Å². The minimum atomic E-state index is -1.39. The Balaban J connectivity index is 1.92. The number of rotatable bonds is 7. The molecule has 0 aliphatic rings. The number of phenolic OH excluding ortho intramolecular Hbond substituents is 1. The third kappa shape index (κ3) is 6.32. The Kier molecular flexibility index (Phi) is 8.13. The monoisotopic (exact) mass is 519 g/mol. The van der Waals surface area contributed by atoms with Gasteiger partial charge in [-0.05, 0) is 45.6 Å². The summed E-state index contributed by atoms with van der Waals surface area (Å²) in [6, 6.07) is 33.2. The van der Waals surface area contributed by atoms with E-state index in [-0.39, 0.29) is 16.6 Å². The van der Waals surface area contributed by atoms with Gasteiger partial charge in [0.25, 0.3) is 0 Å². The second kappa shape index (κ2) is 11.2. The van der Waals surface area contributed by atoms with Crippen molar-refractivity contribution in [2.24, 2.45) is 4.99 Å². The first-order valence-corrected chi connectivity index (χ1v) is 13.7. The molecule has 2 N–H and O–H groups in total. The summed E-state index contributed by atoms with van der Waals surface area (Å²) in [6.07, 6.45) is 2.27. The fourth-order valence-electron chi connectivity index (χ4n) is 5.01. The van der Waals surface area contributed by atoms with Crippen LogP contribution in [0.1, 0.15) is 74.9 Å². The molecule has 0 fully saturated rings. The lowest BCUT2D eigenvalue weighted by Crippen LogP contribution is -2.41. The molecule has 1 atom stereocenters. The molecule has 0 aliphatic heterocycles. The number of aliphatic hydroxyl groups is 1. The maximum Gasteiger partial charge on any atom is 0.137 e. The Morgan fingerprint density at radius 1 is 0.667 bits per heavy atom. The van der Waals surface area contributed by atoms with E-state index in [1.807, 2.05) is 84.9 Å². The van der Waals surface area contributed by atoms with Crippen LogP contribution in [0.3, 0.4) is 0 Å². The Morgan fingerprint density at radius 2 is 1.15 bits per heavy atom. The van der Waals surface area contributed by atoms with Crippen LogP contribution in [0.2, 0.25) is 0 Å². The van der Waals surface area contributed by atoms with E-state index in [2.05, 4.69) is 59.7 Å². The largest absolute Gasteiger partial charge is 0.507 e. The fraction of sp³-hybridized carbons (Fsp3) is 0.306. The zero-order valence-electron chi connectivity index (χ0n) is 24.0. The highest BCUT2D eigenvalue weighted by molar-refractivity contribution is 5.85. The van der Waals surface area contributed by atoms with Gasteiger partial charge in [-0.3, -0.25) is 4.99 Å². The first-order valence-electron chi connectivity index (χ1n) is 13.7. The van der Waals surface area contributed by atoms with Gasteiger partial charge in [-0.2, -0.15) is 0 Å². The van der Waals surface area contributed by atoms with Crippen molar-refractivity contribution in [1.29, 1.82) is 0 Å². The van der Waals surface area contributed by atoms with Crippen LogP contribution < -0.4 is 0 Å². The topological polar surface area (TPSA) is 52.8 Å². The molecule has 0 radical (unpaired) electrons. The summed E-state index contributed by atoms with van der Waals surface area (Å²) >= 11 is 0. The fourth-order valence-corrected chi connectivity index (χ4v) is 5.01. The number of aromatic hydroxyl groups is 1. The molecule has 0 saturated carbocycles. The molecule has 4 rings (SSSR count). The summed E-state index contributed by atoms with van der Waals surface area (Å²) in [5.41, 5.74) is 3.57. The molecular weight excluding hydrogens is 478 g/mol. The van der Waals surface area contributed by atoms with Gasteiger partial charge in [-0.1, -0.05) is 139 Å². The van der Waals surface area contributed by atoms with Crippen LogP contribution in [0.25, 0.3) is 0 Å². The summed E-state index contributed by atoms with van der Waals surface area (Å²) in [5.74, 6) is 0.237. The van der Waals surface area contributed by atoms with Crippen molar-refractivity contribution in [3.05, 3.63) is 137 Å². The molecular formula is C36H41NO2. The highest BCUT2D eigenvalue weighted by Gasteiger charge is 2.40. The third-order valence-corrected chi connectivity index (χ3v) is 7.39. The van der Waals surface area contributed by atoms with Gasteiger partial charge >= 0.3 is 0 Å². The molecule has 3 nitrogen and oxygen atoms in total. The van der Waals surface area contributed by atoms with E-state index in [1.54, 1.807) is 6.21 Å². The zero-order valence-corrected chi connectivity index (χ0v) is 24.0. The van der Waals surface area contributed by atoms with Gasteiger partial charge in [0.2, 0.25) is 0 Å². The minimum Gasteiger partial charge on any atom is -0.507 e. The predicted molar refractivity (Wildman–Crippen MR) is 163 cm³/mol. The van der Waals surface area contributed by atoms with Gasteiger partial charge in [0.1, 0.15) is 11.4 Å². The SMILES string of the molecule is CC(C)(C)c1cc(C=N[C@@H](Cc2ccccc2)C(O)(c2ccccc2)c2ccccc2)c(O)c(C(C)(C)C)c1. The maximum absolute atomic E-state index is 12.6. The van der Waals surface area contributed by atoms with Crippen LogP contribution >= 0.6 is 0 Å². The van der Waals surface area contributed by atoms with Crippen LogP contribution in [0, 0.1) is 0 Å². The molecule has 0 heterocycles. The molecule has 3 heteroatoms. The van der Waals surface area contributed by atoms with Gasteiger partial charge in [-0.15, -0.1) is 0 Å². The molecule has 0 spiro atoms. The summed E-state index contributed by atoms with van der Waals surface area (Å²) in [6.45, 7) is 12.9. The molecule has 202 valence electrons. The average Bonchev–Trinajstić information content (AvgIpc) is 2.91. The lowest BCUT2D eigenvalue weighted by atomic mass is 9.77. The summed E-state index contributed by atoms with van der Waals surface area (Å²) < 4.78 is 0. The zero-order chi connectivity index (χ0) is 28.3. The molecule has 0 unspecified atom stereocenters.